The standard InChI is InChI=1S/C38H46Cl3N5O5S2/c1-7-51-32-23-31(41)33(53(49,50)43-36(2,3)4)22-30(32)34-42-37(5,25-8-12-27(39)13-9-25)38(6,26-10-14-28(40)15-11-26)46(34)35(47)45-19-17-44(18-20-45)29-16-21-52(48)24-29/h8-15,22-23,29,43H,7,16-21,24H2,1-6H3. The molecule has 3 heterocycles. The van der Waals surface area contributed by atoms with Crippen LogP contribution >= 0.6 is 34.8 Å². The number of urea groups is 1. The van der Waals surface area contributed by atoms with E-state index in [1.54, 1.807) is 49.9 Å². The molecule has 3 aliphatic rings. The van der Waals surface area contributed by atoms with Crippen LogP contribution in [-0.2, 0) is 31.9 Å². The first-order valence-electron chi connectivity index (χ1n) is 17.7. The molecule has 0 bridgehead atoms. The van der Waals surface area contributed by atoms with Crippen molar-refractivity contribution in [1.29, 1.82) is 0 Å². The highest BCUT2D eigenvalue weighted by atomic mass is 35.5. The third-order valence-electron chi connectivity index (χ3n) is 10.4. The van der Waals surface area contributed by atoms with Gasteiger partial charge in [0.1, 0.15) is 27.6 Å². The van der Waals surface area contributed by atoms with Gasteiger partial charge in [0.15, 0.2) is 0 Å². The Balaban J connectivity index is 1.57. The molecule has 2 fully saturated rings. The zero-order valence-electron chi connectivity index (χ0n) is 30.8. The Morgan fingerprint density at radius 2 is 1.55 bits per heavy atom. The molecule has 53 heavy (non-hydrogen) atoms. The Bertz CT molecular complexity index is 2030. The maximum Gasteiger partial charge on any atom is 0.326 e. The van der Waals surface area contributed by atoms with Crippen LogP contribution in [0.25, 0.3) is 0 Å². The van der Waals surface area contributed by atoms with E-state index >= 15 is 4.79 Å². The summed E-state index contributed by atoms with van der Waals surface area (Å²) in [5.74, 6) is 1.86. The number of aliphatic imine (C=N–C) groups is 1. The Hall–Kier alpha value is -2.71. The number of nitrogens with zero attached hydrogens (tertiary/aromatic N) is 4. The van der Waals surface area contributed by atoms with Crippen LogP contribution in [0, 0.1) is 0 Å². The molecule has 15 heteroatoms. The average Bonchev–Trinajstić information content (AvgIpc) is 3.63. The summed E-state index contributed by atoms with van der Waals surface area (Å²) < 4.78 is 48.8. The molecule has 0 spiro atoms. The Labute approximate surface area is 330 Å². The van der Waals surface area contributed by atoms with Gasteiger partial charge in [0, 0.05) is 76.2 Å². The lowest BCUT2D eigenvalue weighted by Crippen LogP contribution is -2.61. The van der Waals surface area contributed by atoms with Crippen LogP contribution < -0.4 is 9.46 Å². The lowest BCUT2D eigenvalue weighted by Gasteiger charge is -2.47. The predicted molar refractivity (Wildman–Crippen MR) is 214 cm³/mol. The number of ether oxygens (including phenoxy) is 1. The van der Waals surface area contributed by atoms with Crippen LogP contribution in [0.3, 0.4) is 0 Å². The number of rotatable bonds is 8. The number of sulfonamides is 1. The Morgan fingerprint density at radius 3 is 2.08 bits per heavy atom. The second kappa shape index (κ2) is 15.1. The number of amides is 2. The van der Waals surface area contributed by atoms with E-state index < -0.39 is 37.4 Å². The summed E-state index contributed by atoms with van der Waals surface area (Å²) in [7, 11) is -4.96. The van der Waals surface area contributed by atoms with Crippen LogP contribution in [0.1, 0.15) is 64.7 Å². The van der Waals surface area contributed by atoms with Crippen molar-refractivity contribution in [2.75, 3.05) is 44.3 Å². The molecule has 4 atom stereocenters. The summed E-state index contributed by atoms with van der Waals surface area (Å²) in [4.78, 5) is 26.5. The van der Waals surface area contributed by atoms with Crippen molar-refractivity contribution in [3.63, 3.8) is 0 Å². The minimum atomic E-state index is -4.14. The molecule has 4 unspecified atom stereocenters. The summed E-state index contributed by atoms with van der Waals surface area (Å²) in [6.07, 6.45) is 0.879. The molecule has 2 amide bonds. The molecule has 3 aromatic rings. The molecule has 286 valence electrons. The average molecular weight is 823 g/mol. The van der Waals surface area contributed by atoms with E-state index in [1.165, 1.54) is 12.1 Å². The molecule has 3 aromatic carbocycles. The lowest BCUT2D eigenvalue weighted by atomic mass is 9.71. The number of amidine groups is 1. The molecule has 0 radical (unpaired) electrons. The van der Waals surface area contributed by atoms with Crippen molar-refractivity contribution in [3.05, 3.63) is 92.4 Å². The van der Waals surface area contributed by atoms with Gasteiger partial charge in [0.2, 0.25) is 10.0 Å². The summed E-state index contributed by atoms with van der Waals surface area (Å²) in [5, 5.41) is 1.04. The fourth-order valence-corrected chi connectivity index (χ4v) is 11.3. The van der Waals surface area contributed by atoms with Gasteiger partial charge in [-0.25, -0.2) is 17.9 Å². The normalized spacial score (nSPS) is 25.5. The maximum absolute atomic E-state index is 15.4. The van der Waals surface area contributed by atoms with Crippen LogP contribution in [-0.4, -0.2) is 95.1 Å². The monoisotopic (exact) mass is 821 g/mol. The highest BCUT2D eigenvalue weighted by Crippen LogP contribution is 2.54. The predicted octanol–water partition coefficient (Wildman–Crippen LogP) is 7.27. The topological polar surface area (TPSA) is 112 Å². The van der Waals surface area contributed by atoms with E-state index in [0.717, 1.165) is 17.5 Å². The van der Waals surface area contributed by atoms with Gasteiger partial charge in [-0.15, -0.1) is 0 Å². The van der Waals surface area contributed by atoms with Gasteiger partial charge in [0.05, 0.1) is 17.2 Å². The van der Waals surface area contributed by atoms with Crippen LogP contribution in [0.4, 0.5) is 4.79 Å². The number of hydrogen-bond acceptors (Lipinski definition) is 7. The fraction of sp³-hybridized carbons (Fsp3) is 0.474. The molecular weight excluding hydrogens is 777 g/mol. The van der Waals surface area contributed by atoms with Crippen LogP contribution in [0.5, 0.6) is 5.75 Å². The summed E-state index contributed by atoms with van der Waals surface area (Å²) in [6, 6.07) is 17.6. The number of piperazine rings is 1. The molecule has 3 aliphatic heterocycles. The summed E-state index contributed by atoms with van der Waals surface area (Å²) in [6.45, 7) is 13.4. The van der Waals surface area contributed by atoms with Gasteiger partial charge >= 0.3 is 6.03 Å². The second-order valence-electron chi connectivity index (χ2n) is 15.1. The first kappa shape index (κ1) is 40.0. The number of carbonyl (C=O) groups excluding carboxylic acids is 1. The lowest BCUT2D eigenvalue weighted by molar-refractivity contribution is 0.0776. The van der Waals surface area contributed by atoms with Gasteiger partial charge in [-0.05, 0) is 89.4 Å². The smallest absolute Gasteiger partial charge is 0.326 e. The van der Waals surface area contributed by atoms with Gasteiger partial charge in [-0.2, -0.15) is 0 Å². The van der Waals surface area contributed by atoms with Crippen LogP contribution in [0.15, 0.2) is 70.6 Å². The number of carbonyl (C=O) groups is 1. The molecule has 0 aliphatic carbocycles. The molecule has 0 aromatic heterocycles. The minimum Gasteiger partial charge on any atom is -0.493 e. The zero-order chi connectivity index (χ0) is 38.5. The van der Waals surface area contributed by atoms with Crippen molar-refractivity contribution in [3.8, 4) is 5.75 Å². The number of halogens is 3. The van der Waals surface area contributed by atoms with Crippen molar-refractivity contribution >= 4 is 67.5 Å². The van der Waals surface area contributed by atoms with Gasteiger partial charge < -0.3 is 9.64 Å². The van der Waals surface area contributed by atoms with Crippen molar-refractivity contribution in [2.24, 2.45) is 4.99 Å². The first-order valence-corrected chi connectivity index (χ1v) is 21.8. The quantitative estimate of drug-likeness (QED) is 0.256. The summed E-state index contributed by atoms with van der Waals surface area (Å²) in [5.41, 5.74) is -1.30. The van der Waals surface area contributed by atoms with Gasteiger partial charge in [-0.1, -0.05) is 59.1 Å². The van der Waals surface area contributed by atoms with Crippen molar-refractivity contribution in [1.82, 2.24) is 19.4 Å². The molecule has 1 N–H and O–H groups in total. The number of hydrogen-bond donors (Lipinski definition) is 1. The van der Waals surface area contributed by atoms with Crippen LogP contribution in [0.2, 0.25) is 15.1 Å². The molecular formula is C38H46Cl3N5O5S2. The molecule has 10 nitrogen and oxygen atoms in total. The third kappa shape index (κ3) is 7.75. The van der Waals surface area contributed by atoms with Crippen molar-refractivity contribution in [2.45, 2.75) is 75.5 Å². The van der Waals surface area contributed by atoms with E-state index in [-0.39, 0.29) is 40.2 Å². The molecule has 6 rings (SSSR count). The largest absolute Gasteiger partial charge is 0.493 e. The van der Waals surface area contributed by atoms with Gasteiger partial charge in [-0.3, -0.25) is 19.0 Å². The highest BCUT2D eigenvalue weighted by Gasteiger charge is 2.60. The summed E-state index contributed by atoms with van der Waals surface area (Å²) >= 11 is 19.5. The molecule has 2 saturated heterocycles. The first-order chi connectivity index (χ1) is 24.9. The van der Waals surface area contributed by atoms with E-state index in [0.29, 0.717) is 53.3 Å². The van der Waals surface area contributed by atoms with E-state index in [4.69, 9.17) is 44.5 Å². The van der Waals surface area contributed by atoms with Crippen molar-refractivity contribution < 1.29 is 22.2 Å². The third-order valence-corrected chi connectivity index (χ3v) is 14.6. The zero-order valence-corrected chi connectivity index (χ0v) is 34.7. The fourth-order valence-electron chi connectivity index (χ4n) is 7.57. The highest BCUT2D eigenvalue weighted by molar-refractivity contribution is 7.89. The SMILES string of the molecule is CCOc1cc(Cl)c(S(=O)(=O)NC(C)(C)C)cc1C1=NC(C)(c2ccc(Cl)cc2)C(C)(c2ccc(Cl)cc2)N1C(=O)N1CCN(C2CCS(=O)C2)CC1. The number of nitrogens with one attached hydrogen (secondary N) is 1. The Kier molecular flexibility index (Phi) is 11.4. The van der Waals surface area contributed by atoms with E-state index in [2.05, 4.69) is 9.62 Å². The second-order valence-corrected chi connectivity index (χ2v) is 19.6. The van der Waals surface area contributed by atoms with Gasteiger partial charge in [0.25, 0.3) is 0 Å². The molecule has 0 saturated carbocycles. The Morgan fingerprint density at radius 1 is 0.962 bits per heavy atom. The maximum atomic E-state index is 15.4. The van der Waals surface area contributed by atoms with E-state index in [1.807, 2.05) is 49.9 Å². The van der Waals surface area contributed by atoms with E-state index in [9.17, 15) is 12.6 Å². The number of benzene rings is 3. The minimum absolute atomic E-state index is 0.0321.